The molecular formula is C14H22N2O2S. The summed E-state index contributed by atoms with van der Waals surface area (Å²) in [4.78, 5) is 0.260. The number of nitrogens with two attached hydrogens (primary N) is 1. The van der Waals surface area contributed by atoms with Gasteiger partial charge in [-0.25, -0.2) is 13.1 Å². The lowest BCUT2D eigenvalue weighted by Gasteiger charge is -2.13. The quantitative estimate of drug-likeness (QED) is 0.813. The van der Waals surface area contributed by atoms with Crippen molar-refractivity contribution in [3.05, 3.63) is 23.3 Å². The van der Waals surface area contributed by atoms with Crippen LogP contribution in [0.1, 0.15) is 30.9 Å². The number of nitrogens with one attached hydrogen (secondary N) is 1. The molecule has 1 unspecified atom stereocenters. The van der Waals surface area contributed by atoms with Gasteiger partial charge in [-0.3, -0.25) is 0 Å². The van der Waals surface area contributed by atoms with Gasteiger partial charge in [0.25, 0.3) is 0 Å². The molecule has 0 heterocycles. The fraction of sp³-hybridized carbons (Fsp3) is 0.571. The van der Waals surface area contributed by atoms with Gasteiger partial charge in [-0.2, -0.15) is 0 Å². The van der Waals surface area contributed by atoms with Crippen LogP contribution in [-0.4, -0.2) is 15.0 Å². The molecule has 1 fully saturated rings. The molecule has 106 valence electrons. The van der Waals surface area contributed by atoms with E-state index in [0.29, 0.717) is 24.1 Å². The van der Waals surface area contributed by atoms with Gasteiger partial charge in [0, 0.05) is 12.2 Å². The van der Waals surface area contributed by atoms with Gasteiger partial charge >= 0.3 is 0 Å². The van der Waals surface area contributed by atoms with Crippen molar-refractivity contribution in [2.45, 2.75) is 38.5 Å². The van der Waals surface area contributed by atoms with E-state index in [2.05, 4.69) is 11.6 Å². The first-order chi connectivity index (χ1) is 8.81. The molecule has 1 aliphatic carbocycles. The van der Waals surface area contributed by atoms with Crippen LogP contribution in [-0.2, 0) is 10.0 Å². The Bertz CT molecular complexity index is 554. The molecule has 1 aliphatic rings. The van der Waals surface area contributed by atoms with Crippen molar-refractivity contribution in [3.63, 3.8) is 0 Å². The number of sulfonamides is 1. The van der Waals surface area contributed by atoms with Gasteiger partial charge in [0.05, 0.1) is 4.90 Å². The number of hydrogen-bond donors (Lipinski definition) is 2. The van der Waals surface area contributed by atoms with E-state index in [9.17, 15) is 8.42 Å². The third kappa shape index (κ3) is 3.28. The summed E-state index contributed by atoms with van der Waals surface area (Å²) < 4.78 is 27.1. The Hall–Kier alpha value is -1.07. The highest BCUT2D eigenvalue weighted by atomic mass is 32.2. The van der Waals surface area contributed by atoms with Crippen LogP contribution in [0, 0.1) is 25.7 Å². The SMILES string of the molecule is Cc1cc(S(=O)(=O)NCC(C)C2CC2)cc(N)c1C. The number of rotatable bonds is 5. The van der Waals surface area contributed by atoms with Crippen molar-refractivity contribution < 1.29 is 8.42 Å². The average Bonchev–Trinajstić information content (AvgIpc) is 3.16. The van der Waals surface area contributed by atoms with Crippen molar-refractivity contribution in [2.75, 3.05) is 12.3 Å². The highest BCUT2D eigenvalue weighted by molar-refractivity contribution is 7.89. The number of hydrogen-bond acceptors (Lipinski definition) is 3. The lowest BCUT2D eigenvalue weighted by atomic mass is 10.1. The highest BCUT2D eigenvalue weighted by Gasteiger charge is 2.28. The van der Waals surface area contributed by atoms with Crippen molar-refractivity contribution in [2.24, 2.45) is 11.8 Å². The molecule has 5 heteroatoms. The maximum Gasteiger partial charge on any atom is 0.240 e. The van der Waals surface area contributed by atoms with E-state index in [1.165, 1.54) is 18.9 Å². The van der Waals surface area contributed by atoms with Crippen LogP contribution in [0.15, 0.2) is 17.0 Å². The fourth-order valence-corrected chi connectivity index (χ4v) is 3.43. The predicted molar refractivity (Wildman–Crippen MR) is 77.4 cm³/mol. The number of nitrogen functional groups attached to an aromatic ring is 1. The van der Waals surface area contributed by atoms with Crippen LogP contribution in [0.3, 0.4) is 0 Å². The Kier molecular flexibility index (Phi) is 3.87. The zero-order valence-electron chi connectivity index (χ0n) is 11.7. The van der Waals surface area contributed by atoms with Crippen LogP contribution >= 0.6 is 0 Å². The summed E-state index contributed by atoms with van der Waals surface area (Å²) in [6.07, 6.45) is 2.44. The van der Waals surface area contributed by atoms with E-state index >= 15 is 0 Å². The molecule has 1 atom stereocenters. The Labute approximate surface area is 115 Å². The standard InChI is InChI=1S/C14H22N2O2S/c1-9-6-13(7-14(15)11(9)3)19(17,18)16-8-10(2)12-4-5-12/h6-7,10,12,16H,4-5,8,15H2,1-3H3. The smallest absolute Gasteiger partial charge is 0.240 e. The van der Waals surface area contributed by atoms with Gasteiger partial charge in [0.1, 0.15) is 0 Å². The maximum absolute atomic E-state index is 12.2. The lowest BCUT2D eigenvalue weighted by Crippen LogP contribution is -2.29. The second-order valence-corrected chi connectivity index (χ2v) is 7.39. The molecule has 2 rings (SSSR count). The Morgan fingerprint density at radius 3 is 2.53 bits per heavy atom. The van der Waals surface area contributed by atoms with Crippen LogP contribution in [0.4, 0.5) is 5.69 Å². The topological polar surface area (TPSA) is 72.2 Å². The minimum Gasteiger partial charge on any atom is -0.398 e. The van der Waals surface area contributed by atoms with Gasteiger partial charge < -0.3 is 5.73 Å². The van der Waals surface area contributed by atoms with Crippen LogP contribution < -0.4 is 10.5 Å². The summed E-state index contributed by atoms with van der Waals surface area (Å²) in [7, 11) is -3.45. The monoisotopic (exact) mass is 282 g/mol. The minimum absolute atomic E-state index is 0.260. The van der Waals surface area contributed by atoms with E-state index in [1.54, 1.807) is 6.07 Å². The maximum atomic E-state index is 12.2. The summed E-state index contributed by atoms with van der Waals surface area (Å²) in [5.41, 5.74) is 8.20. The Balaban J connectivity index is 2.14. The Morgan fingerprint density at radius 1 is 1.37 bits per heavy atom. The fourth-order valence-electron chi connectivity index (χ4n) is 2.16. The summed E-state index contributed by atoms with van der Waals surface area (Å²) >= 11 is 0. The summed E-state index contributed by atoms with van der Waals surface area (Å²) in [5, 5.41) is 0. The van der Waals surface area contributed by atoms with E-state index in [4.69, 9.17) is 5.73 Å². The van der Waals surface area contributed by atoms with Gasteiger partial charge in [0.15, 0.2) is 0 Å². The van der Waals surface area contributed by atoms with Crippen molar-refractivity contribution in [1.82, 2.24) is 4.72 Å². The largest absolute Gasteiger partial charge is 0.398 e. The molecule has 0 aromatic heterocycles. The molecule has 0 radical (unpaired) electrons. The van der Waals surface area contributed by atoms with Gasteiger partial charge in [-0.05, 0) is 61.8 Å². The van der Waals surface area contributed by atoms with Crippen molar-refractivity contribution in [1.29, 1.82) is 0 Å². The molecule has 1 aromatic rings. The predicted octanol–water partition coefficient (Wildman–Crippen LogP) is 2.21. The highest BCUT2D eigenvalue weighted by Crippen LogP contribution is 2.36. The van der Waals surface area contributed by atoms with Gasteiger partial charge in [0.2, 0.25) is 10.0 Å². The molecule has 1 aromatic carbocycles. The molecule has 19 heavy (non-hydrogen) atoms. The van der Waals surface area contributed by atoms with E-state index < -0.39 is 10.0 Å². The second-order valence-electron chi connectivity index (χ2n) is 5.62. The molecule has 0 saturated heterocycles. The molecular weight excluding hydrogens is 260 g/mol. The third-order valence-electron chi connectivity index (χ3n) is 4.01. The minimum atomic E-state index is -3.45. The normalized spacial score (nSPS) is 17.4. The van der Waals surface area contributed by atoms with Crippen LogP contribution in [0.2, 0.25) is 0 Å². The van der Waals surface area contributed by atoms with E-state index in [-0.39, 0.29) is 4.90 Å². The zero-order valence-corrected chi connectivity index (χ0v) is 12.5. The molecule has 3 N–H and O–H groups in total. The van der Waals surface area contributed by atoms with Crippen LogP contribution in [0.5, 0.6) is 0 Å². The number of aryl methyl sites for hydroxylation is 1. The van der Waals surface area contributed by atoms with Gasteiger partial charge in [-0.15, -0.1) is 0 Å². The summed E-state index contributed by atoms with van der Waals surface area (Å²) in [6, 6.07) is 3.21. The van der Waals surface area contributed by atoms with Crippen LogP contribution in [0.25, 0.3) is 0 Å². The first kappa shape index (κ1) is 14.3. The molecule has 4 nitrogen and oxygen atoms in total. The molecule has 0 amide bonds. The van der Waals surface area contributed by atoms with Crippen molar-refractivity contribution in [3.8, 4) is 0 Å². The number of benzene rings is 1. The average molecular weight is 282 g/mol. The first-order valence-corrected chi connectivity index (χ1v) is 8.16. The molecule has 0 bridgehead atoms. The zero-order chi connectivity index (χ0) is 14.2. The van der Waals surface area contributed by atoms with E-state index in [1.807, 2.05) is 13.8 Å². The lowest BCUT2D eigenvalue weighted by molar-refractivity contribution is 0.492. The van der Waals surface area contributed by atoms with Gasteiger partial charge in [-0.1, -0.05) is 6.92 Å². The first-order valence-electron chi connectivity index (χ1n) is 6.67. The molecule has 0 spiro atoms. The second kappa shape index (κ2) is 5.13. The summed E-state index contributed by atoms with van der Waals surface area (Å²) in [6.45, 7) is 6.36. The summed E-state index contributed by atoms with van der Waals surface area (Å²) in [5.74, 6) is 1.09. The number of anilines is 1. The third-order valence-corrected chi connectivity index (χ3v) is 5.42. The van der Waals surface area contributed by atoms with Crippen molar-refractivity contribution >= 4 is 15.7 Å². The molecule has 1 saturated carbocycles. The molecule has 0 aliphatic heterocycles. The Morgan fingerprint density at radius 2 is 2.00 bits per heavy atom. The van der Waals surface area contributed by atoms with E-state index in [0.717, 1.165) is 11.1 Å².